The third-order valence-corrected chi connectivity index (χ3v) is 6.30. The first-order chi connectivity index (χ1) is 7.87. The van der Waals surface area contributed by atoms with Crippen molar-refractivity contribution in [3.05, 3.63) is 29.3 Å². The molecule has 1 heterocycles. The SMILES string of the molecule is Cc1ccc(SC2CS(=O)(=O)CC2O)c(C)c1. The van der Waals surface area contributed by atoms with Gasteiger partial charge >= 0.3 is 0 Å². The van der Waals surface area contributed by atoms with E-state index in [0.717, 1.165) is 10.5 Å². The van der Waals surface area contributed by atoms with Crippen LogP contribution in [0.25, 0.3) is 0 Å². The highest BCUT2D eigenvalue weighted by atomic mass is 32.2. The Labute approximate surface area is 106 Å². The lowest BCUT2D eigenvalue weighted by molar-refractivity contribution is 0.207. The van der Waals surface area contributed by atoms with Gasteiger partial charge in [0.2, 0.25) is 0 Å². The molecule has 1 fully saturated rings. The number of hydrogen-bond donors (Lipinski definition) is 1. The average molecular weight is 272 g/mol. The van der Waals surface area contributed by atoms with Crippen LogP contribution in [-0.2, 0) is 9.84 Å². The van der Waals surface area contributed by atoms with Crippen LogP contribution in [0, 0.1) is 13.8 Å². The second-order valence-electron chi connectivity index (χ2n) is 4.57. The minimum absolute atomic E-state index is 0.0755. The first-order valence-corrected chi connectivity index (χ1v) is 8.20. The zero-order chi connectivity index (χ0) is 12.6. The van der Waals surface area contributed by atoms with Crippen molar-refractivity contribution in [1.82, 2.24) is 0 Å². The fourth-order valence-electron chi connectivity index (χ4n) is 2.00. The highest BCUT2D eigenvalue weighted by molar-refractivity contribution is 8.02. The van der Waals surface area contributed by atoms with Crippen molar-refractivity contribution in [1.29, 1.82) is 0 Å². The summed E-state index contributed by atoms with van der Waals surface area (Å²) in [5.74, 6) is -0.0261. The van der Waals surface area contributed by atoms with Gasteiger partial charge in [-0.2, -0.15) is 0 Å². The summed E-state index contributed by atoms with van der Waals surface area (Å²) in [7, 11) is -3.06. The van der Waals surface area contributed by atoms with Crippen LogP contribution in [0.1, 0.15) is 11.1 Å². The zero-order valence-corrected chi connectivity index (χ0v) is 11.5. The van der Waals surface area contributed by atoms with Gasteiger partial charge in [-0.15, -0.1) is 11.8 Å². The molecular formula is C12H16O3S2. The molecule has 2 unspecified atom stereocenters. The smallest absolute Gasteiger partial charge is 0.154 e. The van der Waals surface area contributed by atoms with Crippen LogP contribution < -0.4 is 0 Å². The lowest BCUT2D eigenvalue weighted by atomic mass is 10.2. The molecule has 5 heteroatoms. The van der Waals surface area contributed by atoms with Gasteiger partial charge in [0.05, 0.1) is 22.9 Å². The van der Waals surface area contributed by atoms with Crippen LogP contribution in [0.5, 0.6) is 0 Å². The summed E-state index contributed by atoms with van der Waals surface area (Å²) in [6.45, 7) is 4.03. The quantitative estimate of drug-likeness (QED) is 0.887. The lowest BCUT2D eigenvalue weighted by Crippen LogP contribution is -2.19. The van der Waals surface area contributed by atoms with E-state index < -0.39 is 15.9 Å². The van der Waals surface area contributed by atoms with E-state index in [1.807, 2.05) is 26.0 Å². The highest BCUT2D eigenvalue weighted by Gasteiger charge is 2.37. The van der Waals surface area contributed by atoms with Gasteiger partial charge in [-0.1, -0.05) is 17.7 Å². The fraction of sp³-hybridized carbons (Fsp3) is 0.500. The van der Waals surface area contributed by atoms with E-state index in [9.17, 15) is 13.5 Å². The molecule has 0 amide bonds. The Balaban J connectivity index is 2.17. The normalized spacial score (nSPS) is 27.2. The Hall–Kier alpha value is -0.520. The summed E-state index contributed by atoms with van der Waals surface area (Å²) in [4.78, 5) is 1.05. The molecule has 17 heavy (non-hydrogen) atoms. The fourth-order valence-corrected chi connectivity index (χ4v) is 5.60. The van der Waals surface area contributed by atoms with Gasteiger partial charge in [-0.05, 0) is 25.5 Å². The second-order valence-corrected chi connectivity index (χ2v) is 8.00. The van der Waals surface area contributed by atoms with Gasteiger partial charge in [-0.3, -0.25) is 0 Å². The van der Waals surface area contributed by atoms with Crippen molar-refractivity contribution in [2.75, 3.05) is 11.5 Å². The van der Waals surface area contributed by atoms with E-state index in [0.29, 0.717) is 0 Å². The van der Waals surface area contributed by atoms with E-state index in [1.165, 1.54) is 17.3 Å². The third kappa shape index (κ3) is 3.03. The maximum atomic E-state index is 11.4. The first kappa shape index (κ1) is 12.9. The maximum Gasteiger partial charge on any atom is 0.154 e. The van der Waals surface area contributed by atoms with Crippen molar-refractivity contribution in [2.45, 2.75) is 30.1 Å². The number of rotatable bonds is 2. The van der Waals surface area contributed by atoms with Crippen molar-refractivity contribution >= 4 is 21.6 Å². The molecule has 1 aromatic carbocycles. The summed E-state index contributed by atoms with van der Waals surface area (Å²) in [5, 5.41) is 9.50. The molecule has 0 saturated carbocycles. The Morgan fingerprint density at radius 2 is 2.00 bits per heavy atom. The molecule has 3 nitrogen and oxygen atoms in total. The Kier molecular flexibility index (Phi) is 3.52. The van der Waals surface area contributed by atoms with Gasteiger partial charge in [0.1, 0.15) is 0 Å². The van der Waals surface area contributed by atoms with Crippen LogP contribution in [0.3, 0.4) is 0 Å². The molecule has 1 aromatic rings. The minimum Gasteiger partial charge on any atom is -0.391 e. The molecule has 0 spiro atoms. The predicted molar refractivity (Wildman–Crippen MR) is 70.2 cm³/mol. The lowest BCUT2D eigenvalue weighted by Gasteiger charge is -2.14. The summed E-state index contributed by atoms with van der Waals surface area (Å²) in [5.41, 5.74) is 2.32. The van der Waals surface area contributed by atoms with Gasteiger partial charge in [-0.25, -0.2) is 8.42 Å². The molecule has 0 radical (unpaired) electrons. The van der Waals surface area contributed by atoms with Crippen LogP contribution in [0.15, 0.2) is 23.1 Å². The van der Waals surface area contributed by atoms with E-state index in [4.69, 9.17) is 0 Å². The Morgan fingerprint density at radius 3 is 2.53 bits per heavy atom. The Bertz CT molecular complexity index is 523. The maximum absolute atomic E-state index is 11.4. The predicted octanol–water partition coefficient (Wildman–Crippen LogP) is 1.55. The van der Waals surface area contributed by atoms with Gasteiger partial charge in [0.15, 0.2) is 9.84 Å². The van der Waals surface area contributed by atoms with E-state index in [1.54, 1.807) is 0 Å². The van der Waals surface area contributed by atoms with Crippen molar-refractivity contribution in [3.8, 4) is 0 Å². The molecular weight excluding hydrogens is 256 g/mol. The second kappa shape index (κ2) is 4.63. The van der Waals surface area contributed by atoms with Crippen LogP contribution in [0.4, 0.5) is 0 Å². The standard InChI is InChI=1S/C12H16O3S2/c1-8-3-4-11(9(2)5-8)16-12-7-17(14,15)6-10(12)13/h3-5,10,12-13H,6-7H2,1-2H3. The molecule has 1 aliphatic heterocycles. The van der Waals surface area contributed by atoms with Crippen molar-refractivity contribution < 1.29 is 13.5 Å². The third-order valence-electron chi connectivity index (χ3n) is 2.88. The number of thioether (sulfide) groups is 1. The number of aliphatic hydroxyl groups is 1. The van der Waals surface area contributed by atoms with E-state index in [2.05, 4.69) is 6.07 Å². The number of aryl methyl sites for hydroxylation is 2. The molecule has 1 N–H and O–H groups in total. The Morgan fingerprint density at radius 1 is 1.29 bits per heavy atom. The molecule has 0 bridgehead atoms. The molecule has 94 valence electrons. The zero-order valence-electron chi connectivity index (χ0n) is 9.88. The molecule has 1 aliphatic rings. The first-order valence-electron chi connectivity index (χ1n) is 5.50. The van der Waals surface area contributed by atoms with Gasteiger partial charge in [0, 0.05) is 4.90 Å². The monoisotopic (exact) mass is 272 g/mol. The number of aliphatic hydroxyl groups excluding tert-OH is 1. The summed E-state index contributed by atoms with van der Waals surface area (Å²) in [6.07, 6.45) is -0.745. The van der Waals surface area contributed by atoms with Crippen molar-refractivity contribution in [3.63, 3.8) is 0 Å². The van der Waals surface area contributed by atoms with Gasteiger partial charge < -0.3 is 5.11 Å². The molecule has 1 saturated heterocycles. The van der Waals surface area contributed by atoms with Crippen LogP contribution in [0.2, 0.25) is 0 Å². The number of hydrogen-bond acceptors (Lipinski definition) is 4. The average Bonchev–Trinajstić information content (AvgIpc) is 2.44. The topological polar surface area (TPSA) is 54.4 Å². The summed E-state index contributed by atoms with van der Waals surface area (Å²) in [6, 6.07) is 6.07. The minimum atomic E-state index is -3.06. The molecule has 0 aromatic heterocycles. The largest absolute Gasteiger partial charge is 0.391 e. The summed E-state index contributed by atoms with van der Waals surface area (Å²) < 4.78 is 22.8. The molecule has 0 aliphatic carbocycles. The number of benzene rings is 1. The molecule has 2 rings (SSSR count). The summed E-state index contributed by atoms with van der Waals surface area (Å²) >= 11 is 1.47. The van der Waals surface area contributed by atoms with Crippen molar-refractivity contribution in [2.24, 2.45) is 0 Å². The van der Waals surface area contributed by atoms with Gasteiger partial charge in [0.25, 0.3) is 0 Å². The van der Waals surface area contributed by atoms with E-state index >= 15 is 0 Å². The van der Waals surface area contributed by atoms with Crippen LogP contribution >= 0.6 is 11.8 Å². The van der Waals surface area contributed by atoms with Crippen LogP contribution in [-0.4, -0.2) is 36.4 Å². The van der Waals surface area contributed by atoms with E-state index in [-0.39, 0.29) is 16.8 Å². The number of sulfone groups is 1. The molecule has 2 atom stereocenters. The highest BCUT2D eigenvalue weighted by Crippen LogP contribution is 2.33.